The fraction of sp³-hybridized carbons (Fsp3) is 0.346. The minimum Gasteiger partial charge on any atom is -1.00 e. The van der Waals surface area contributed by atoms with E-state index in [0.29, 0.717) is 25.1 Å². The zero-order chi connectivity index (χ0) is 54.5. The molecule has 10 nitrogen and oxygen atoms in total. The Bertz CT molecular complexity index is 2100. The van der Waals surface area contributed by atoms with E-state index in [1.165, 1.54) is 80.0 Å². The number of benzene rings is 3. The molecule has 3 aromatic carbocycles. The predicted octanol–water partition coefficient (Wildman–Crippen LogP) is 9.98. The molecule has 0 fully saturated rings. The number of halogens is 6. The fourth-order valence-corrected chi connectivity index (χ4v) is 10.6. The van der Waals surface area contributed by atoms with E-state index in [0.717, 1.165) is 30.8 Å². The average Bonchev–Trinajstić information content (AvgIpc) is 4.18. The second-order valence-corrected chi connectivity index (χ2v) is 23.1. The van der Waals surface area contributed by atoms with Crippen molar-refractivity contribution in [1.29, 1.82) is 5.26 Å². The number of esters is 3. The highest BCUT2D eigenvalue weighted by molar-refractivity contribution is 8.26. The molecule has 3 aromatic heterocycles. The van der Waals surface area contributed by atoms with Crippen LogP contribution in [0.3, 0.4) is 0 Å². The van der Waals surface area contributed by atoms with Gasteiger partial charge in [0.05, 0.1) is 64.5 Å². The van der Waals surface area contributed by atoms with Gasteiger partial charge < -0.3 is 36.6 Å². The molecule has 1 N–H and O–H groups in total. The Morgan fingerprint density at radius 2 is 0.836 bits per heavy atom. The molecule has 0 amide bonds. The summed E-state index contributed by atoms with van der Waals surface area (Å²) in [4.78, 5) is 41.1. The summed E-state index contributed by atoms with van der Waals surface area (Å²) in [5.74, 6) is -0.120. The van der Waals surface area contributed by atoms with Crippen molar-refractivity contribution in [2.24, 2.45) is 0 Å². The number of thiophene rings is 3. The molecule has 0 saturated heterocycles. The predicted molar refractivity (Wildman–Crippen MR) is 311 cm³/mol. The van der Waals surface area contributed by atoms with Crippen molar-refractivity contribution in [2.45, 2.75) is 72.8 Å². The van der Waals surface area contributed by atoms with Gasteiger partial charge >= 0.3 is 17.9 Å². The molecule has 404 valence electrons. The van der Waals surface area contributed by atoms with Gasteiger partial charge in [-0.05, 0) is 86.3 Å². The third-order valence-corrected chi connectivity index (χ3v) is 15.1. The molecule has 6 rings (SSSR count). The number of aliphatic hydroxyl groups is 1. The van der Waals surface area contributed by atoms with Crippen LogP contribution in [0.5, 0.6) is 0 Å². The summed E-state index contributed by atoms with van der Waals surface area (Å²) < 4.78 is 22.7. The van der Waals surface area contributed by atoms with E-state index >= 15 is 0 Å². The Kier molecular flexibility index (Phi) is 50.5. The molecule has 0 radical (unpaired) electrons. The topological polar surface area (TPSA) is 143 Å². The number of carbonyl (C=O) groups is 3. The maximum Gasteiger partial charge on any atom is 0.310 e. The summed E-state index contributed by atoms with van der Waals surface area (Å²) in [5.41, 5.74) is 0. The first-order valence-corrected chi connectivity index (χ1v) is 30.3. The van der Waals surface area contributed by atoms with E-state index in [9.17, 15) is 14.4 Å². The van der Waals surface area contributed by atoms with Gasteiger partial charge in [0, 0.05) is 57.6 Å². The summed E-state index contributed by atoms with van der Waals surface area (Å²) >= 11 is 19.8. The van der Waals surface area contributed by atoms with Crippen LogP contribution in [-0.2, 0) is 76.0 Å². The van der Waals surface area contributed by atoms with Crippen LogP contribution < -0.4 is 28.3 Å². The van der Waals surface area contributed by atoms with Gasteiger partial charge in [-0.25, -0.2) is 4.21 Å². The molecule has 3 heterocycles. The van der Waals surface area contributed by atoms with Crippen LogP contribution in [0, 0.1) is 11.3 Å². The number of hydrogen-bond donors (Lipinski definition) is 1. The van der Waals surface area contributed by atoms with Gasteiger partial charge in [-0.15, -0.1) is 68.8 Å². The molecule has 0 unspecified atom stereocenters. The number of aryl methyl sites for hydroxylation is 1. The fourth-order valence-electron chi connectivity index (χ4n) is 5.39. The third-order valence-electron chi connectivity index (χ3n) is 8.81. The van der Waals surface area contributed by atoms with Crippen LogP contribution in [-0.4, -0.2) is 78.4 Å². The average molecular weight is 1220 g/mol. The number of ether oxygens (including phenoxy) is 3. The molecule has 0 atom stereocenters. The van der Waals surface area contributed by atoms with Gasteiger partial charge in [-0.1, -0.05) is 119 Å². The molecule has 6 aromatic rings. The Morgan fingerprint density at radius 1 is 0.575 bits per heavy atom. The zero-order valence-electron chi connectivity index (χ0n) is 42.2. The minimum atomic E-state index is -1.67. The van der Waals surface area contributed by atoms with Gasteiger partial charge in [-0.3, -0.25) is 14.4 Å². The van der Waals surface area contributed by atoms with Gasteiger partial charge in [-0.2, -0.15) is 5.26 Å². The number of carbonyl (C=O) groups excluding carboxylic acids is 3. The molecule has 0 saturated carbocycles. The van der Waals surface area contributed by atoms with E-state index < -0.39 is 17.1 Å². The van der Waals surface area contributed by atoms with E-state index in [2.05, 4.69) is 165 Å². The smallest absolute Gasteiger partial charge is 0.310 e. The van der Waals surface area contributed by atoms with Crippen molar-refractivity contribution in [3.8, 4) is 6.07 Å². The molecule has 0 aliphatic rings. The first-order chi connectivity index (χ1) is 34.6. The zero-order valence-corrected chi connectivity index (χ0v) is 50.9. The largest absolute Gasteiger partial charge is 1.00 e. The molecule has 21 heteroatoms. The maximum absolute atomic E-state index is 10.9. The van der Waals surface area contributed by atoms with Crippen LogP contribution >= 0.6 is 98.1 Å². The Balaban J connectivity index is -0.000000819. The van der Waals surface area contributed by atoms with Crippen molar-refractivity contribution in [3.63, 3.8) is 0 Å². The number of nitriles is 1. The number of alkyl halides is 3. The Hall–Kier alpha value is -3.10. The Morgan fingerprint density at radius 3 is 1.04 bits per heavy atom. The maximum atomic E-state index is 10.9. The SMILES string of the molecule is CC#N.CCN(CC)CC.CCc1ccc(CC(=O)OC)s1.COC(=O)Cc1ccc(CCl)s1.COC(=O)Cc1ccc(CO)s1.ClCCl.O=S(Cl)Cl.[Cl-].c1ccc(P(c2ccccc2)c2ccccc2)cc1. The van der Waals surface area contributed by atoms with Crippen molar-refractivity contribution < 1.29 is 50.3 Å². The quantitative estimate of drug-likeness (QED) is 0.0347. The number of rotatable bonds is 15. The van der Waals surface area contributed by atoms with E-state index in [1.807, 2.05) is 30.3 Å². The lowest BCUT2D eigenvalue weighted by Gasteiger charge is -2.18. The summed E-state index contributed by atoms with van der Waals surface area (Å²) in [6, 6.07) is 45.6. The monoisotopic (exact) mass is 1220 g/mol. The lowest BCUT2D eigenvalue weighted by atomic mass is 10.3. The van der Waals surface area contributed by atoms with Crippen LogP contribution in [0.4, 0.5) is 0 Å². The number of nitrogens with zero attached hydrogens (tertiary/aromatic N) is 2. The van der Waals surface area contributed by atoms with E-state index in [4.69, 9.17) is 49.4 Å². The van der Waals surface area contributed by atoms with Crippen molar-refractivity contribution in [3.05, 3.63) is 157 Å². The second-order valence-electron chi connectivity index (χ2n) is 13.5. The van der Waals surface area contributed by atoms with E-state index in [-0.39, 0.29) is 42.3 Å². The number of aliphatic hydroxyl groups excluding tert-OH is 1. The summed E-state index contributed by atoms with van der Waals surface area (Å²) in [6.45, 7) is 13.7. The van der Waals surface area contributed by atoms with E-state index in [1.54, 1.807) is 28.7 Å². The van der Waals surface area contributed by atoms with Gasteiger partial charge in [0.2, 0.25) is 9.23 Å². The summed E-state index contributed by atoms with van der Waals surface area (Å²) in [6.07, 6.45) is 2.08. The highest BCUT2D eigenvalue weighted by Gasteiger charge is 2.15. The third kappa shape index (κ3) is 38.2. The van der Waals surface area contributed by atoms with Crippen molar-refractivity contribution in [2.75, 3.05) is 46.3 Å². The van der Waals surface area contributed by atoms with Crippen molar-refractivity contribution in [1.82, 2.24) is 4.90 Å². The first kappa shape index (κ1) is 74.1. The standard InChI is InChI=1S/C18H15P.C9H12O2S.C8H9ClO2S.C8H10O3S.C6H15N.C2H3N.CH2Cl2.Cl2OS.ClH/c1-4-10-16(11-5-1)19(17-12-6-2-7-13-17)18-14-8-3-9-15-18;1-3-7-4-5-8(12-7)6-9(10)11-2;2*1-11-8(10)4-6-2-3-7(5-9)12-6;1-4-7(5-2)6-3;1-2-3;2-1-3;1-4(2)3;/h1-15H;4-5H,3,6H2,1-2H3;2-3H,4-5H2,1H3;2-3,9H,4-5H2,1H3;4-6H2,1-3H3;1H3;1H2;;1H/p-1. The van der Waals surface area contributed by atoms with Crippen molar-refractivity contribution >= 4 is 141 Å². The van der Waals surface area contributed by atoms with Crippen LogP contribution in [0.1, 0.15) is 63.9 Å². The molecule has 0 aliphatic heterocycles. The lowest BCUT2D eigenvalue weighted by Crippen LogP contribution is -3.00. The molecule has 73 heavy (non-hydrogen) atoms. The highest BCUT2D eigenvalue weighted by Crippen LogP contribution is 2.32. The molecular formula is C52H66Cl6N2O8PS4-. The second kappa shape index (κ2) is 49.8. The van der Waals surface area contributed by atoms with Crippen LogP contribution in [0.15, 0.2) is 127 Å². The molecule has 0 aliphatic carbocycles. The number of hydrogen-bond acceptors (Lipinski definition) is 13. The van der Waals surface area contributed by atoms with Gasteiger partial charge in [0.25, 0.3) is 0 Å². The minimum absolute atomic E-state index is 0. The first-order valence-electron chi connectivity index (χ1n) is 22.1. The van der Waals surface area contributed by atoms with Gasteiger partial charge in [0.15, 0.2) is 0 Å². The normalized spacial score (nSPS) is 9.42. The highest BCUT2D eigenvalue weighted by atomic mass is 36.0. The van der Waals surface area contributed by atoms with Crippen LogP contribution in [0.25, 0.3) is 0 Å². The summed E-state index contributed by atoms with van der Waals surface area (Å²) in [5, 5.41) is 20.4. The molecule has 0 spiro atoms. The molecule has 0 bridgehead atoms. The van der Waals surface area contributed by atoms with Gasteiger partial charge in [0.1, 0.15) is 0 Å². The lowest BCUT2D eigenvalue weighted by molar-refractivity contribution is -0.140. The Labute approximate surface area is 479 Å². The summed E-state index contributed by atoms with van der Waals surface area (Å²) in [7, 11) is 11.1. The number of methoxy groups -OCH3 is 3. The van der Waals surface area contributed by atoms with Crippen LogP contribution in [0.2, 0.25) is 0 Å². The molecular weight excluding hydrogens is 1150 g/mol.